The molecule has 1 heterocycles. The lowest BCUT2D eigenvalue weighted by molar-refractivity contribution is -0.684. The van der Waals surface area contributed by atoms with Gasteiger partial charge in [0.1, 0.15) is 5.56 Å². The molecule has 0 aliphatic rings. The Bertz CT molecular complexity index is 390. The lowest BCUT2D eigenvalue weighted by Crippen LogP contribution is -2.37. The maximum Gasteiger partial charge on any atom is 0.341 e. The van der Waals surface area contributed by atoms with E-state index in [9.17, 15) is 9.59 Å². The Morgan fingerprint density at radius 1 is 1.50 bits per heavy atom. The third kappa shape index (κ3) is 2.92. The number of hydrogen-bond acceptors (Lipinski definition) is 2. The van der Waals surface area contributed by atoms with Crippen LogP contribution in [-0.4, -0.2) is 16.9 Å². The van der Waals surface area contributed by atoms with Crippen LogP contribution in [0.3, 0.4) is 0 Å². The molecule has 14 heavy (non-hydrogen) atoms. The zero-order valence-electron chi connectivity index (χ0n) is 7.53. The van der Waals surface area contributed by atoms with Crippen molar-refractivity contribution in [1.29, 1.82) is 0 Å². The molecule has 0 spiro atoms. The smallest absolute Gasteiger partial charge is 0.341 e. The first-order chi connectivity index (χ1) is 6.49. The number of carboxylic acid groups (broad SMARTS) is 1. The Hall–Kier alpha value is -1.23. The third-order valence-corrected chi connectivity index (χ3v) is 1.97. The molecule has 0 radical (unpaired) electrons. The fraction of sp³-hybridized carbons (Fsp3) is 0.222. The number of aromatic nitrogens is 1. The molecule has 1 aromatic heterocycles. The van der Waals surface area contributed by atoms with Crippen molar-refractivity contribution >= 4 is 27.7 Å². The normalized spacial score (nSPS) is 9.86. The van der Waals surface area contributed by atoms with E-state index in [0.717, 1.165) is 0 Å². The van der Waals surface area contributed by atoms with E-state index in [1.165, 1.54) is 23.8 Å². The predicted molar refractivity (Wildman–Crippen MR) is 52.0 cm³/mol. The van der Waals surface area contributed by atoms with Crippen molar-refractivity contribution in [3.63, 3.8) is 0 Å². The van der Waals surface area contributed by atoms with E-state index in [2.05, 4.69) is 15.9 Å². The van der Waals surface area contributed by atoms with Crippen LogP contribution in [0.15, 0.2) is 22.9 Å². The number of halogens is 1. The second kappa shape index (κ2) is 4.32. The van der Waals surface area contributed by atoms with Crippen LogP contribution in [-0.2, 0) is 11.3 Å². The van der Waals surface area contributed by atoms with Crippen molar-refractivity contribution < 1.29 is 19.3 Å². The molecule has 0 aromatic carbocycles. The monoisotopic (exact) mass is 258 g/mol. The van der Waals surface area contributed by atoms with Gasteiger partial charge >= 0.3 is 5.97 Å². The fourth-order valence-electron chi connectivity index (χ4n) is 1.06. The molecular weight excluding hydrogens is 250 g/mol. The van der Waals surface area contributed by atoms with E-state index in [1.807, 2.05) is 0 Å². The Kier molecular flexibility index (Phi) is 3.35. The van der Waals surface area contributed by atoms with E-state index in [1.54, 1.807) is 6.20 Å². The van der Waals surface area contributed by atoms with Crippen LogP contribution in [0.25, 0.3) is 0 Å². The second-order valence-corrected chi connectivity index (χ2v) is 3.84. The number of hydrogen-bond donors (Lipinski definition) is 1. The van der Waals surface area contributed by atoms with Crippen LogP contribution in [0.1, 0.15) is 17.3 Å². The summed E-state index contributed by atoms with van der Waals surface area (Å²) in [4.78, 5) is 21.5. The molecular formula is C9H9BrNO3+. The average Bonchev–Trinajstić information content (AvgIpc) is 2.01. The van der Waals surface area contributed by atoms with Gasteiger partial charge in [0.05, 0.1) is 4.47 Å². The van der Waals surface area contributed by atoms with Gasteiger partial charge in [-0.3, -0.25) is 4.79 Å². The van der Waals surface area contributed by atoms with Gasteiger partial charge in [0.2, 0.25) is 6.54 Å². The summed E-state index contributed by atoms with van der Waals surface area (Å²) < 4.78 is 2.18. The largest absolute Gasteiger partial charge is 0.477 e. The Balaban J connectivity index is 3.07. The summed E-state index contributed by atoms with van der Waals surface area (Å²) in [5.74, 6) is -1.03. The van der Waals surface area contributed by atoms with Crippen LogP contribution >= 0.6 is 15.9 Å². The Morgan fingerprint density at radius 3 is 2.64 bits per heavy atom. The summed E-state index contributed by atoms with van der Waals surface area (Å²) in [5, 5.41) is 8.75. The van der Waals surface area contributed by atoms with Crippen molar-refractivity contribution in [3.05, 3.63) is 28.5 Å². The molecule has 0 saturated heterocycles. The molecule has 0 fully saturated rings. The van der Waals surface area contributed by atoms with Crippen LogP contribution in [0.5, 0.6) is 0 Å². The van der Waals surface area contributed by atoms with Gasteiger partial charge in [0, 0.05) is 6.92 Å². The zero-order chi connectivity index (χ0) is 10.7. The van der Waals surface area contributed by atoms with Crippen LogP contribution in [0.4, 0.5) is 0 Å². The van der Waals surface area contributed by atoms with Gasteiger partial charge in [-0.2, -0.15) is 4.57 Å². The fourth-order valence-corrected chi connectivity index (χ4v) is 1.57. The summed E-state index contributed by atoms with van der Waals surface area (Å²) >= 11 is 3.18. The van der Waals surface area contributed by atoms with Crippen molar-refractivity contribution in [3.8, 4) is 0 Å². The average molecular weight is 259 g/mol. The SMILES string of the molecule is CC(=O)C[n+]1cc(Br)cc(C(=O)O)c1. The molecule has 74 valence electrons. The van der Waals surface area contributed by atoms with Crippen molar-refractivity contribution in [2.75, 3.05) is 0 Å². The van der Waals surface area contributed by atoms with E-state index in [0.29, 0.717) is 4.47 Å². The molecule has 4 nitrogen and oxygen atoms in total. The van der Waals surface area contributed by atoms with Crippen LogP contribution in [0, 0.1) is 0 Å². The lowest BCUT2D eigenvalue weighted by Gasteiger charge is -1.96. The highest BCUT2D eigenvalue weighted by Crippen LogP contribution is 2.08. The molecule has 5 heteroatoms. The van der Waals surface area contributed by atoms with Gasteiger partial charge in [0.15, 0.2) is 18.2 Å². The highest BCUT2D eigenvalue weighted by Gasteiger charge is 2.12. The maximum atomic E-state index is 10.8. The first-order valence-electron chi connectivity index (χ1n) is 3.91. The molecule has 1 aromatic rings. The van der Waals surface area contributed by atoms with Gasteiger partial charge in [-0.25, -0.2) is 4.79 Å². The van der Waals surface area contributed by atoms with Crippen LogP contribution in [0.2, 0.25) is 0 Å². The van der Waals surface area contributed by atoms with Crippen molar-refractivity contribution in [2.24, 2.45) is 0 Å². The minimum Gasteiger partial charge on any atom is -0.477 e. The molecule has 1 rings (SSSR count). The predicted octanol–water partition coefficient (Wildman–Crippen LogP) is 1.02. The maximum absolute atomic E-state index is 10.8. The topological polar surface area (TPSA) is 58.2 Å². The number of pyridine rings is 1. The lowest BCUT2D eigenvalue weighted by atomic mass is 10.3. The molecule has 0 aliphatic carbocycles. The summed E-state index contributed by atoms with van der Waals surface area (Å²) in [6, 6.07) is 1.49. The molecule has 0 amide bonds. The van der Waals surface area contributed by atoms with E-state index in [-0.39, 0.29) is 17.9 Å². The summed E-state index contributed by atoms with van der Waals surface area (Å²) in [6.07, 6.45) is 3.09. The number of carboxylic acids is 1. The highest BCUT2D eigenvalue weighted by atomic mass is 79.9. The van der Waals surface area contributed by atoms with Gasteiger partial charge in [-0.05, 0) is 22.0 Å². The van der Waals surface area contributed by atoms with Crippen molar-refractivity contribution in [2.45, 2.75) is 13.5 Å². The van der Waals surface area contributed by atoms with Gasteiger partial charge in [-0.15, -0.1) is 0 Å². The minimum absolute atomic E-state index is 0.0237. The van der Waals surface area contributed by atoms with E-state index < -0.39 is 5.97 Å². The first-order valence-corrected chi connectivity index (χ1v) is 4.70. The number of ketones is 1. The molecule has 0 unspecified atom stereocenters. The second-order valence-electron chi connectivity index (χ2n) is 2.92. The van der Waals surface area contributed by atoms with Crippen LogP contribution < -0.4 is 4.57 Å². The molecule has 0 bridgehead atoms. The standard InChI is InChI=1S/C9H8BrNO3/c1-6(12)3-11-4-7(9(13)14)2-8(10)5-11/h2,4-5H,3H2,1H3/p+1. The summed E-state index contributed by atoms with van der Waals surface area (Å²) in [7, 11) is 0. The number of nitrogens with zero attached hydrogens (tertiary/aromatic N) is 1. The first kappa shape index (κ1) is 10.8. The number of Topliss-reactive ketones (excluding diaryl/α,β-unsaturated/α-hetero) is 1. The summed E-state index contributed by atoms with van der Waals surface area (Å²) in [5.41, 5.74) is 0.153. The quantitative estimate of drug-likeness (QED) is 0.824. The van der Waals surface area contributed by atoms with Gasteiger partial charge < -0.3 is 5.11 Å². The molecule has 0 atom stereocenters. The third-order valence-electron chi connectivity index (χ3n) is 1.54. The van der Waals surface area contributed by atoms with Gasteiger partial charge in [-0.1, -0.05) is 0 Å². The number of rotatable bonds is 3. The van der Waals surface area contributed by atoms with Crippen molar-refractivity contribution in [1.82, 2.24) is 0 Å². The van der Waals surface area contributed by atoms with E-state index in [4.69, 9.17) is 5.11 Å². The summed E-state index contributed by atoms with van der Waals surface area (Å²) in [6.45, 7) is 1.63. The number of carbonyl (C=O) groups excluding carboxylic acids is 1. The molecule has 1 N–H and O–H groups in total. The number of aromatic carboxylic acids is 1. The Morgan fingerprint density at radius 2 is 2.14 bits per heavy atom. The zero-order valence-corrected chi connectivity index (χ0v) is 9.11. The Labute approximate surface area is 89.3 Å². The molecule has 0 aliphatic heterocycles. The van der Waals surface area contributed by atoms with E-state index >= 15 is 0 Å². The highest BCUT2D eigenvalue weighted by molar-refractivity contribution is 9.10. The number of carbonyl (C=O) groups is 2. The molecule has 0 saturated carbocycles. The van der Waals surface area contributed by atoms with Gasteiger partial charge in [0.25, 0.3) is 0 Å². The minimum atomic E-state index is -1.01.